The number of carbonyl (C=O) groups is 1. The highest BCUT2D eigenvalue weighted by molar-refractivity contribution is 5.76. The third-order valence-electron chi connectivity index (χ3n) is 20.5. The molecule has 0 saturated carbocycles. The zero-order chi connectivity index (χ0) is 78.1. The number of aliphatic hydroxyl groups excluding tert-OH is 11. The van der Waals surface area contributed by atoms with Crippen molar-refractivity contribution < 1.29 is 89.4 Å². The molecule has 19 heteroatoms. The number of unbranched alkanes of at least 4 members (excludes halogenated alkanes) is 33. The van der Waals surface area contributed by atoms with E-state index in [9.17, 15) is 61.0 Å². The van der Waals surface area contributed by atoms with E-state index in [-0.39, 0.29) is 18.9 Å². The first kappa shape index (κ1) is 98.4. The Morgan fingerprint density at radius 2 is 0.648 bits per heavy atom. The summed E-state index contributed by atoms with van der Waals surface area (Å²) in [5.41, 5.74) is 0. The van der Waals surface area contributed by atoms with Gasteiger partial charge in [0.25, 0.3) is 0 Å². The second kappa shape index (κ2) is 67.7. The van der Waals surface area contributed by atoms with E-state index in [4.69, 9.17) is 28.4 Å². The number of allylic oxidation sites excluding steroid dienone is 19. The third kappa shape index (κ3) is 46.4. The van der Waals surface area contributed by atoms with Crippen LogP contribution in [-0.2, 0) is 33.2 Å². The van der Waals surface area contributed by atoms with E-state index in [1.807, 2.05) is 6.08 Å². The number of rotatable bonds is 67. The minimum atomic E-state index is -1.99. The SMILES string of the molecule is CC/C=C\C/C=C\C/C=C\C/C=C\C/C=C\C/C=C\C/C=C\CCCCCCCCCCCCCC(=O)NC(COC1OC(CO)C(OC2OC(CO)C(OC3OC(CO)C(O)C(O)C3O)C(O)C2O)C(O)C1O)C(O)/C=C/CC/C=C/CC/C=C/CCCCCCCCCCCCCCCCCCCCCC. The molecule has 1 amide bonds. The zero-order valence-electron chi connectivity index (χ0n) is 66.8. The molecule has 622 valence electrons. The van der Waals surface area contributed by atoms with E-state index < -0.39 is 124 Å². The first-order valence-electron chi connectivity index (χ1n) is 42.8. The highest BCUT2D eigenvalue weighted by Gasteiger charge is 2.54. The van der Waals surface area contributed by atoms with Crippen LogP contribution in [0, 0.1) is 0 Å². The van der Waals surface area contributed by atoms with E-state index in [2.05, 4.69) is 129 Å². The van der Waals surface area contributed by atoms with Crippen molar-refractivity contribution in [1.82, 2.24) is 5.32 Å². The maximum absolute atomic E-state index is 13.5. The quantitative estimate of drug-likeness (QED) is 0.0199. The number of hydrogen-bond donors (Lipinski definition) is 12. The Morgan fingerprint density at radius 3 is 1.04 bits per heavy atom. The molecule has 3 rings (SSSR count). The molecule has 3 fully saturated rings. The van der Waals surface area contributed by atoms with Crippen LogP contribution in [0.4, 0.5) is 0 Å². The lowest BCUT2D eigenvalue weighted by molar-refractivity contribution is -0.379. The Morgan fingerprint density at radius 1 is 0.343 bits per heavy atom. The van der Waals surface area contributed by atoms with Crippen LogP contribution < -0.4 is 5.32 Å². The lowest BCUT2D eigenvalue weighted by Gasteiger charge is -2.48. The molecule has 0 aromatic rings. The van der Waals surface area contributed by atoms with Gasteiger partial charge in [0.2, 0.25) is 5.91 Å². The van der Waals surface area contributed by atoms with Crippen LogP contribution in [0.25, 0.3) is 0 Å². The summed E-state index contributed by atoms with van der Waals surface area (Å²) in [7, 11) is 0. The predicted octanol–water partition coefficient (Wildman–Crippen LogP) is 15.5. The van der Waals surface area contributed by atoms with Gasteiger partial charge in [-0.05, 0) is 103 Å². The molecule has 17 atom stereocenters. The highest BCUT2D eigenvalue weighted by atomic mass is 16.8. The average Bonchev–Trinajstić information content (AvgIpc) is 0.779. The van der Waals surface area contributed by atoms with Crippen molar-refractivity contribution in [2.24, 2.45) is 0 Å². The largest absolute Gasteiger partial charge is 0.394 e. The van der Waals surface area contributed by atoms with Gasteiger partial charge in [0.15, 0.2) is 18.9 Å². The lowest BCUT2D eigenvalue weighted by atomic mass is 9.96. The fourth-order valence-corrected chi connectivity index (χ4v) is 13.7. The summed E-state index contributed by atoms with van der Waals surface area (Å²) >= 11 is 0. The highest BCUT2D eigenvalue weighted by Crippen LogP contribution is 2.33. The molecular formula is C89H153NO18. The van der Waals surface area contributed by atoms with Crippen LogP contribution in [0.3, 0.4) is 0 Å². The summed E-state index contributed by atoms with van der Waals surface area (Å²) in [4.78, 5) is 13.5. The Bertz CT molecular complexity index is 2420. The fourth-order valence-electron chi connectivity index (χ4n) is 13.7. The molecule has 3 aliphatic heterocycles. The number of nitrogens with one attached hydrogen (secondary N) is 1. The van der Waals surface area contributed by atoms with Crippen LogP contribution in [0.5, 0.6) is 0 Å². The van der Waals surface area contributed by atoms with Gasteiger partial charge in [-0.3, -0.25) is 4.79 Å². The van der Waals surface area contributed by atoms with Crippen LogP contribution in [-0.4, -0.2) is 193 Å². The van der Waals surface area contributed by atoms with Gasteiger partial charge >= 0.3 is 0 Å². The molecular weight excluding hydrogens is 1370 g/mol. The van der Waals surface area contributed by atoms with Gasteiger partial charge in [0.05, 0.1) is 38.6 Å². The average molecular weight is 1530 g/mol. The lowest BCUT2D eigenvalue weighted by Crippen LogP contribution is -2.66. The maximum atomic E-state index is 13.5. The molecule has 3 heterocycles. The second-order valence-corrected chi connectivity index (χ2v) is 29.9. The number of aliphatic hydroxyl groups is 11. The summed E-state index contributed by atoms with van der Waals surface area (Å²) in [6.07, 6.45) is 69.0. The Hall–Kier alpha value is -3.81. The molecule has 0 bridgehead atoms. The smallest absolute Gasteiger partial charge is 0.220 e. The first-order chi connectivity index (χ1) is 52.8. The third-order valence-corrected chi connectivity index (χ3v) is 20.5. The summed E-state index contributed by atoms with van der Waals surface area (Å²) < 4.78 is 34.5. The molecule has 17 unspecified atom stereocenters. The Labute approximate surface area is 652 Å². The van der Waals surface area contributed by atoms with Crippen molar-refractivity contribution in [3.8, 4) is 0 Å². The van der Waals surface area contributed by atoms with Crippen LogP contribution in [0.2, 0.25) is 0 Å². The van der Waals surface area contributed by atoms with Gasteiger partial charge in [-0.15, -0.1) is 0 Å². The molecule has 0 aromatic carbocycles. The van der Waals surface area contributed by atoms with Gasteiger partial charge in [-0.1, -0.05) is 315 Å². The van der Waals surface area contributed by atoms with Crippen molar-refractivity contribution in [1.29, 1.82) is 0 Å². The fraction of sp³-hybridized carbons (Fsp3) is 0.764. The Kier molecular flexibility index (Phi) is 61.6. The molecule has 108 heavy (non-hydrogen) atoms. The van der Waals surface area contributed by atoms with E-state index >= 15 is 0 Å². The summed E-state index contributed by atoms with van der Waals surface area (Å²) in [5, 5.41) is 121. The van der Waals surface area contributed by atoms with E-state index in [1.54, 1.807) is 6.08 Å². The van der Waals surface area contributed by atoms with Crippen molar-refractivity contribution in [2.45, 2.75) is 407 Å². The van der Waals surface area contributed by atoms with Gasteiger partial charge in [-0.2, -0.15) is 0 Å². The van der Waals surface area contributed by atoms with Gasteiger partial charge in [0, 0.05) is 6.42 Å². The molecule has 19 nitrogen and oxygen atoms in total. The number of amides is 1. The minimum absolute atomic E-state index is 0.221. The van der Waals surface area contributed by atoms with Crippen LogP contribution >= 0.6 is 0 Å². The van der Waals surface area contributed by atoms with Crippen molar-refractivity contribution in [2.75, 3.05) is 26.4 Å². The summed E-state index contributed by atoms with van der Waals surface area (Å²) in [6, 6.07) is -1.01. The van der Waals surface area contributed by atoms with E-state index in [0.29, 0.717) is 12.8 Å². The molecule has 0 spiro atoms. The normalized spacial score (nSPS) is 26.0. The maximum Gasteiger partial charge on any atom is 0.220 e. The van der Waals surface area contributed by atoms with Crippen LogP contribution in [0.15, 0.2) is 122 Å². The van der Waals surface area contributed by atoms with Gasteiger partial charge < -0.3 is 89.9 Å². The van der Waals surface area contributed by atoms with Gasteiger partial charge in [0.1, 0.15) is 73.2 Å². The summed E-state index contributed by atoms with van der Waals surface area (Å²) in [6.45, 7) is 1.62. The predicted molar refractivity (Wildman–Crippen MR) is 433 cm³/mol. The van der Waals surface area contributed by atoms with Crippen LogP contribution in [0.1, 0.15) is 303 Å². The van der Waals surface area contributed by atoms with Gasteiger partial charge in [-0.25, -0.2) is 0 Å². The standard InChI is InChI=1S/C89H153NO18/c1-3-5-7-9-11-13-15-17-19-21-23-25-27-29-31-33-35-36-37-39-41-43-45-47-49-51-53-55-57-59-61-63-65-67-77(95)90-72(73(94)66-64-62-60-58-56-54-52-50-48-46-44-42-40-38-34-32-30-28-26-24-22-20-18-16-14-12-10-8-6-4-2)71-103-87-83(101)80(98)85(75(69-92)105-87)108-89-84(102)81(99)86(76(70-93)106-89)107-88-82(100)79(97)78(96)74(68-91)104-88/h5,7,11,13,17,19,23,25,29,31,35-36,39,41,48,50,56,58,64,66,72-76,78-89,91-94,96-102H,3-4,6,8-10,12,14-16,18,20-22,24,26-28,30,32-34,37-38,40,42-47,49,51-55,57,59-63,65,67-71H2,1-2H3,(H,90,95)/b7-5-,13-11-,19-17-,25-23-,31-29-,36-35-,41-39-,50-48+,58-56+,66-64+. The van der Waals surface area contributed by atoms with Crippen molar-refractivity contribution >= 4 is 5.91 Å². The molecule has 12 N–H and O–H groups in total. The van der Waals surface area contributed by atoms with E-state index in [1.165, 1.54) is 167 Å². The topological polar surface area (TPSA) is 307 Å². The number of ether oxygens (including phenoxy) is 6. The van der Waals surface area contributed by atoms with E-state index in [0.717, 1.165) is 103 Å². The summed E-state index contributed by atoms with van der Waals surface area (Å²) in [5.74, 6) is -0.295. The molecule has 0 aliphatic carbocycles. The minimum Gasteiger partial charge on any atom is -0.394 e. The van der Waals surface area contributed by atoms with Crippen molar-refractivity contribution in [3.63, 3.8) is 0 Å². The first-order valence-corrected chi connectivity index (χ1v) is 42.8. The molecule has 0 radical (unpaired) electrons. The molecule has 0 aromatic heterocycles. The zero-order valence-corrected chi connectivity index (χ0v) is 66.8. The van der Waals surface area contributed by atoms with Crippen molar-refractivity contribution in [3.05, 3.63) is 122 Å². The molecule has 3 saturated heterocycles. The molecule has 3 aliphatic rings. The Balaban J connectivity index is 1.38. The number of hydrogen-bond acceptors (Lipinski definition) is 18. The number of carbonyl (C=O) groups excluding carboxylic acids is 1. The second-order valence-electron chi connectivity index (χ2n) is 29.9. The monoisotopic (exact) mass is 1520 g/mol.